The third kappa shape index (κ3) is 5.53. The molecule has 0 aliphatic carbocycles. The summed E-state index contributed by atoms with van der Waals surface area (Å²) in [6, 6.07) is 4.28. The van der Waals surface area contributed by atoms with Gasteiger partial charge in [0.25, 0.3) is 0 Å². The fraction of sp³-hybridized carbons (Fsp3) is 0.700. The van der Waals surface area contributed by atoms with Crippen molar-refractivity contribution in [3.63, 3.8) is 0 Å². The normalized spacial score (nSPS) is 23.2. The maximum absolute atomic E-state index is 12.6. The van der Waals surface area contributed by atoms with E-state index in [9.17, 15) is 9.59 Å². The highest BCUT2D eigenvalue weighted by atomic mass is 32.1. The largest absolute Gasteiger partial charge is 0.350 e. The van der Waals surface area contributed by atoms with Crippen molar-refractivity contribution in [1.82, 2.24) is 20.0 Å². The Labute approximate surface area is 166 Å². The first-order valence-electron chi connectivity index (χ1n) is 10.1. The van der Waals surface area contributed by atoms with Crippen LogP contribution in [0.15, 0.2) is 17.5 Å². The molecule has 2 unspecified atom stereocenters. The molecule has 0 aromatic carbocycles. The number of nitrogens with zero attached hydrogens (tertiary/aromatic N) is 3. The summed E-state index contributed by atoms with van der Waals surface area (Å²) in [7, 11) is 0. The molecule has 150 valence electrons. The SMILES string of the molecule is CC(C(=O)NCc1cccs1)N1CCN(CC(=O)N2CCCCC2C)CC1. The van der Waals surface area contributed by atoms with E-state index in [-0.39, 0.29) is 17.9 Å². The van der Waals surface area contributed by atoms with Gasteiger partial charge in [0.05, 0.1) is 19.1 Å². The van der Waals surface area contributed by atoms with Crippen LogP contribution < -0.4 is 5.32 Å². The zero-order chi connectivity index (χ0) is 19.2. The number of hydrogen-bond acceptors (Lipinski definition) is 5. The van der Waals surface area contributed by atoms with E-state index in [4.69, 9.17) is 0 Å². The zero-order valence-corrected chi connectivity index (χ0v) is 17.3. The molecular weight excluding hydrogens is 360 g/mol. The number of rotatable bonds is 6. The molecule has 1 aromatic rings. The fourth-order valence-electron chi connectivity index (χ4n) is 3.96. The van der Waals surface area contributed by atoms with Crippen LogP contribution in [0.4, 0.5) is 0 Å². The number of piperazine rings is 1. The number of carbonyl (C=O) groups is 2. The molecule has 1 N–H and O–H groups in total. The van der Waals surface area contributed by atoms with Gasteiger partial charge >= 0.3 is 0 Å². The van der Waals surface area contributed by atoms with Crippen LogP contribution in [0.5, 0.6) is 0 Å². The van der Waals surface area contributed by atoms with Crippen LogP contribution in [0.2, 0.25) is 0 Å². The van der Waals surface area contributed by atoms with Crippen LogP contribution in [-0.4, -0.2) is 77.9 Å². The molecule has 0 spiro atoms. The van der Waals surface area contributed by atoms with Gasteiger partial charge in [-0.2, -0.15) is 0 Å². The highest BCUT2D eigenvalue weighted by Crippen LogP contribution is 2.17. The first kappa shape index (κ1) is 20.3. The lowest BCUT2D eigenvalue weighted by molar-refractivity contribution is -0.136. The topological polar surface area (TPSA) is 55.9 Å². The molecule has 2 saturated heterocycles. The van der Waals surface area contributed by atoms with Crippen LogP contribution in [0, 0.1) is 0 Å². The molecule has 3 heterocycles. The lowest BCUT2D eigenvalue weighted by Crippen LogP contribution is -2.55. The monoisotopic (exact) mass is 392 g/mol. The summed E-state index contributed by atoms with van der Waals surface area (Å²) in [5.41, 5.74) is 0. The van der Waals surface area contributed by atoms with E-state index in [0.29, 0.717) is 19.1 Å². The summed E-state index contributed by atoms with van der Waals surface area (Å²) in [4.78, 5) is 32.7. The van der Waals surface area contributed by atoms with E-state index in [1.807, 2.05) is 24.4 Å². The summed E-state index contributed by atoms with van der Waals surface area (Å²) in [5, 5.41) is 5.05. The van der Waals surface area contributed by atoms with E-state index in [1.54, 1.807) is 11.3 Å². The highest BCUT2D eigenvalue weighted by Gasteiger charge is 2.28. The summed E-state index contributed by atoms with van der Waals surface area (Å²) in [6.45, 7) is 9.49. The van der Waals surface area contributed by atoms with Crippen LogP contribution in [-0.2, 0) is 16.1 Å². The van der Waals surface area contributed by atoms with E-state index >= 15 is 0 Å². The van der Waals surface area contributed by atoms with Crippen molar-refractivity contribution in [2.24, 2.45) is 0 Å². The van der Waals surface area contributed by atoms with Crippen molar-refractivity contribution < 1.29 is 9.59 Å². The molecule has 0 saturated carbocycles. The highest BCUT2D eigenvalue weighted by molar-refractivity contribution is 7.09. The minimum Gasteiger partial charge on any atom is -0.350 e. The number of carbonyl (C=O) groups excluding carboxylic acids is 2. The van der Waals surface area contributed by atoms with Gasteiger partial charge in [-0.1, -0.05) is 6.07 Å². The Morgan fingerprint density at radius 3 is 2.67 bits per heavy atom. The second-order valence-corrected chi connectivity index (χ2v) is 8.75. The number of piperidine rings is 1. The number of nitrogens with one attached hydrogen (secondary N) is 1. The Kier molecular flexibility index (Phi) is 7.26. The van der Waals surface area contributed by atoms with Crippen molar-refractivity contribution in [2.45, 2.75) is 51.7 Å². The Hall–Kier alpha value is -1.44. The van der Waals surface area contributed by atoms with Gasteiger partial charge in [0.15, 0.2) is 0 Å². The minimum atomic E-state index is -0.134. The van der Waals surface area contributed by atoms with Crippen LogP contribution in [0.3, 0.4) is 0 Å². The predicted octanol–water partition coefficient (Wildman–Crippen LogP) is 1.77. The van der Waals surface area contributed by atoms with Gasteiger partial charge in [-0.25, -0.2) is 0 Å². The zero-order valence-electron chi connectivity index (χ0n) is 16.5. The molecule has 3 rings (SSSR count). The Morgan fingerprint density at radius 2 is 2.00 bits per heavy atom. The molecule has 2 amide bonds. The van der Waals surface area contributed by atoms with Gasteiger partial charge in [0.1, 0.15) is 0 Å². The van der Waals surface area contributed by atoms with Gasteiger partial charge < -0.3 is 10.2 Å². The van der Waals surface area contributed by atoms with Gasteiger partial charge in [-0.15, -0.1) is 11.3 Å². The average molecular weight is 393 g/mol. The molecule has 2 aliphatic rings. The smallest absolute Gasteiger partial charge is 0.237 e. The van der Waals surface area contributed by atoms with Crippen molar-refractivity contribution in [3.05, 3.63) is 22.4 Å². The van der Waals surface area contributed by atoms with Crippen LogP contribution in [0.25, 0.3) is 0 Å². The third-order valence-corrected chi connectivity index (χ3v) is 6.71. The van der Waals surface area contributed by atoms with Gasteiger partial charge in [0.2, 0.25) is 11.8 Å². The second kappa shape index (κ2) is 9.66. The molecule has 0 bridgehead atoms. The lowest BCUT2D eigenvalue weighted by Gasteiger charge is -2.39. The maximum atomic E-state index is 12.6. The minimum absolute atomic E-state index is 0.0788. The number of likely N-dealkylation sites (tertiary alicyclic amines) is 1. The lowest BCUT2D eigenvalue weighted by atomic mass is 10.0. The Balaban J connectivity index is 1.40. The average Bonchev–Trinajstić information content (AvgIpc) is 3.20. The molecular formula is C20H32N4O2S. The Bertz CT molecular complexity index is 614. The summed E-state index contributed by atoms with van der Waals surface area (Å²) in [5.74, 6) is 0.340. The van der Waals surface area contributed by atoms with Crippen molar-refractivity contribution >= 4 is 23.2 Å². The molecule has 2 aliphatic heterocycles. The van der Waals surface area contributed by atoms with Gasteiger partial charge in [-0.05, 0) is 44.6 Å². The van der Waals surface area contributed by atoms with E-state index in [2.05, 4.69) is 26.9 Å². The van der Waals surface area contributed by atoms with Gasteiger partial charge in [-0.3, -0.25) is 19.4 Å². The molecule has 0 radical (unpaired) electrons. The van der Waals surface area contributed by atoms with Crippen molar-refractivity contribution in [3.8, 4) is 0 Å². The van der Waals surface area contributed by atoms with Crippen LogP contribution in [0.1, 0.15) is 38.0 Å². The Morgan fingerprint density at radius 1 is 1.22 bits per heavy atom. The fourth-order valence-corrected chi connectivity index (χ4v) is 4.60. The molecule has 2 atom stereocenters. The van der Waals surface area contributed by atoms with E-state index in [0.717, 1.165) is 45.6 Å². The molecule has 6 nitrogen and oxygen atoms in total. The molecule has 2 fully saturated rings. The van der Waals surface area contributed by atoms with E-state index < -0.39 is 0 Å². The van der Waals surface area contributed by atoms with Crippen molar-refractivity contribution in [2.75, 3.05) is 39.3 Å². The van der Waals surface area contributed by atoms with Gasteiger partial charge in [0, 0.05) is 43.6 Å². The molecule has 1 aromatic heterocycles. The summed E-state index contributed by atoms with van der Waals surface area (Å²) >= 11 is 1.66. The number of amides is 2. The predicted molar refractivity (Wildman–Crippen MR) is 109 cm³/mol. The summed E-state index contributed by atoms with van der Waals surface area (Å²) < 4.78 is 0. The first-order chi connectivity index (χ1) is 13.0. The third-order valence-electron chi connectivity index (χ3n) is 5.83. The summed E-state index contributed by atoms with van der Waals surface area (Å²) in [6.07, 6.45) is 3.48. The second-order valence-electron chi connectivity index (χ2n) is 7.72. The standard InChI is InChI=1S/C20H32N4O2S/c1-16-6-3-4-8-24(16)19(25)15-22-9-11-23(12-10-22)17(2)20(26)21-14-18-7-5-13-27-18/h5,7,13,16-17H,3-4,6,8-12,14-15H2,1-2H3,(H,21,26). The van der Waals surface area contributed by atoms with Crippen molar-refractivity contribution in [1.29, 1.82) is 0 Å². The van der Waals surface area contributed by atoms with Crippen LogP contribution >= 0.6 is 11.3 Å². The van der Waals surface area contributed by atoms with E-state index in [1.165, 1.54) is 11.3 Å². The quantitative estimate of drug-likeness (QED) is 0.802. The maximum Gasteiger partial charge on any atom is 0.237 e. The first-order valence-corrected chi connectivity index (χ1v) is 11.0. The number of thiophene rings is 1. The number of hydrogen-bond donors (Lipinski definition) is 1. The molecule has 27 heavy (non-hydrogen) atoms. The molecule has 7 heteroatoms.